The van der Waals surface area contributed by atoms with Crippen molar-refractivity contribution in [1.82, 2.24) is 0 Å². The van der Waals surface area contributed by atoms with Crippen molar-refractivity contribution in [3.8, 4) is 12.1 Å². The summed E-state index contributed by atoms with van der Waals surface area (Å²) < 4.78 is 25.7. The van der Waals surface area contributed by atoms with Crippen LogP contribution in [0.3, 0.4) is 0 Å². The van der Waals surface area contributed by atoms with Gasteiger partial charge in [-0.15, -0.1) is 0 Å². The summed E-state index contributed by atoms with van der Waals surface area (Å²) in [6.07, 6.45) is -0.298. The highest BCUT2D eigenvalue weighted by Gasteiger charge is 2.94. The van der Waals surface area contributed by atoms with Gasteiger partial charge in [0, 0.05) is 5.92 Å². The van der Waals surface area contributed by atoms with E-state index in [1.165, 1.54) is 6.07 Å². The van der Waals surface area contributed by atoms with Crippen LogP contribution in [0.4, 0.5) is 4.39 Å². The number of nitrogens with zero attached hydrogens (tertiary/aromatic N) is 3. The van der Waals surface area contributed by atoms with Crippen LogP contribution in [0.5, 0.6) is 0 Å². The minimum absolute atomic E-state index is 0.0381. The van der Waals surface area contributed by atoms with Gasteiger partial charge in [0.05, 0.1) is 24.8 Å². The van der Waals surface area contributed by atoms with Crippen molar-refractivity contribution in [1.29, 1.82) is 10.5 Å². The van der Waals surface area contributed by atoms with Crippen LogP contribution < -0.4 is 5.73 Å². The SMILES string of the molecule is CC1COC2(N=C(N)C3(C#N)C(c4ccccc4F)C23C#N)O1. The molecular formula is C16H13FN4O2. The molecule has 2 fully saturated rings. The summed E-state index contributed by atoms with van der Waals surface area (Å²) in [7, 11) is 0. The molecule has 23 heavy (non-hydrogen) atoms. The van der Waals surface area contributed by atoms with Gasteiger partial charge in [0.15, 0.2) is 5.41 Å². The number of ether oxygens (including phenoxy) is 2. The average Bonchev–Trinajstić information content (AvgIpc) is 2.91. The molecule has 1 aromatic rings. The standard InChI is InChI=1S/C16H13FN4O2/c1-9-6-22-16(23-9)15(8-19)12(10-4-2-3-5-11(10)17)14(15,7-18)13(20)21-16/h2-5,9,12H,6H2,1H3,(H2,20,21). The largest absolute Gasteiger partial charge is 0.386 e. The van der Waals surface area contributed by atoms with Crippen LogP contribution in [-0.2, 0) is 9.47 Å². The number of halogens is 1. The second kappa shape index (κ2) is 4.08. The molecule has 116 valence electrons. The normalized spacial score (nSPS) is 43.6. The first-order valence-electron chi connectivity index (χ1n) is 7.23. The molecule has 0 radical (unpaired) electrons. The van der Waals surface area contributed by atoms with E-state index in [2.05, 4.69) is 17.1 Å². The summed E-state index contributed by atoms with van der Waals surface area (Å²) in [5.74, 6) is -2.96. The zero-order valence-electron chi connectivity index (χ0n) is 12.3. The van der Waals surface area contributed by atoms with E-state index in [1.54, 1.807) is 25.1 Å². The smallest absolute Gasteiger partial charge is 0.293 e. The van der Waals surface area contributed by atoms with Gasteiger partial charge in [-0.3, -0.25) is 0 Å². The van der Waals surface area contributed by atoms with Crippen molar-refractivity contribution < 1.29 is 13.9 Å². The Morgan fingerprint density at radius 1 is 1.35 bits per heavy atom. The molecule has 6 nitrogen and oxygen atoms in total. The molecule has 2 heterocycles. The Bertz CT molecular complexity index is 828. The molecule has 3 aliphatic rings. The quantitative estimate of drug-likeness (QED) is 0.844. The topological polar surface area (TPSA) is 104 Å². The Kier molecular flexibility index (Phi) is 2.51. The van der Waals surface area contributed by atoms with E-state index >= 15 is 0 Å². The van der Waals surface area contributed by atoms with E-state index in [4.69, 9.17) is 15.2 Å². The zero-order valence-corrected chi connectivity index (χ0v) is 12.3. The second-order valence-corrected chi connectivity index (χ2v) is 6.11. The fraction of sp³-hybridized carbons (Fsp3) is 0.438. The number of amidine groups is 1. The highest BCUT2D eigenvalue weighted by molar-refractivity contribution is 6.00. The molecule has 1 saturated heterocycles. The van der Waals surface area contributed by atoms with Crippen molar-refractivity contribution in [2.75, 3.05) is 6.61 Å². The summed E-state index contributed by atoms with van der Waals surface area (Å²) in [4.78, 5) is 4.17. The molecule has 0 bridgehead atoms. The lowest BCUT2D eigenvalue weighted by molar-refractivity contribution is -0.193. The first-order chi connectivity index (χ1) is 11.0. The van der Waals surface area contributed by atoms with Crippen molar-refractivity contribution in [3.05, 3.63) is 35.6 Å². The Morgan fingerprint density at radius 2 is 2.09 bits per heavy atom. The summed E-state index contributed by atoms with van der Waals surface area (Å²) in [5.41, 5.74) is 3.33. The van der Waals surface area contributed by atoms with Gasteiger partial charge in [0.25, 0.3) is 5.91 Å². The predicted molar refractivity (Wildman–Crippen MR) is 76.1 cm³/mol. The van der Waals surface area contributed by atoms with E-state index in [1.807, 2.05) is 0 Å². The van der Waals surface area contributed by atoms with E-state index in [0.717, 1.165) is 0 Å². The molecule has 1 saturated carbocycles. The highest BCUT2D eigenvalue weighted by atomic mass is 19.1. The second-order valence-electron chi connectivity index (χ2n) is 6.11. The van der Waals surface area contributed by atoms with Crippen LogP contribution in [0.1, 0.15) is 18.4 Å². The average molecular weight is 312 g/mol. The van der Waals surface area contributed by atoms with Gasteiger partial charge in [0.1, 0.15) is 17.1 Å². The Morgan fingerprint density at radius 3 is 2.65 bits per heavy atom. The van der Waals surface area contributed by atoms with Gasteiger partial charge in [0.2, 0.25) is 0 Å². The van der Waals surface area contributed by atoms with Crippen LogP contribution in [0.25, 0.3) is 0 Å². The number of nitrogens with two attached hydrogens (primary N) is 1. The van der Waals surface area contributed by atoms with Crippen molar-refractivity contribution >= 4 is 5.84 Å². The van der Waals surface area contributed by atoms with Gasteiger partial charge in [-0.1, -0.05) is 18.2 Å². The monoisotopic (exact) mass is 312 g/mol. The number of rotatable bonds is 1. The maximum Gasteiger partial charge on any atom is 0.293 e. The Labute approximate surface area is 131 Å². The molecular weight excluding hydrogens is 299 g/mol. The molecule has 2 N–H and O–H groups in total. The van der Waals surface area contributed by atoms with E-state index in [9.17, 15) is 14.9 Å². The van der Waals surface area contributed by atoms with Crippen LogP contribution in [0.15, 0.2) is 29.3 Å². The maximum atomic E-state index is 14.3. The summed E-state index contributed by atoms with van der Waals surface area (Å²) in [6, 6.07) is 10.3. The lowest BCUT2D eigenvalue weighted by atomic mass is 9.94. The van der Waals surface area contributed by atoms with Crippen molar-refractivity contribution in [2.24, 2.45) is 21.6 Å². The fourth-order valence-corrected chi connectivity index (χ4v) is 4.04. The minimum Gasteiger partial charge on any atom is -0.386 e. The number of aliphatic imine (C=N–C) groups is 1. The highest BCUT2D eigenvalue weighted by Crippen LogP contribution is 2.82. The predicted octanol–water partition coefficient (Wildman–Crippen LogP) is 1.40. The van der Waals surface area contributed by atoms with Crippen LogP contribution in [0.2, 0.25) is 0 Å². The first-order valence-corrected chi connectivity index (χ1v) is 7.23. The van der Waals surface area contributed by atoms with Crippen molar-refractivity contribution in [2.45, 2.75) is 24.9 Å². The number of fused-ring (bicyclic) bond motifs is 2. The number of hydrogen-bond acceptors (Lipinski definition) is 6. The molecule has 4 rings (SSSR count). The van der Waals surface area contributed by atoms with E-state index in [-0.39, 0.29) is 24.1 Å². The number of benzene rings is 1. The molecule has 5 unspecified atom stereocenters. The van der Waals surface area contributed by atoms with Crippen LogP contribution >= 0.6 is 0 Å². The molecule has 2 aliphatic heterocycles. The van der Waals surface area contributed by atoms with E-state index < -0.39 is 28.5 Å². The third kappa shape index (κ3) is 1.28. The summed E-state index contributed by atoms with van der Waals surface area (Å²) in [6.45, 7) is 2.00. The van der Waals surface area contributed by atoms with E-state index in [0.29, 0.717) is 0 Å². The molecule has 7 heteroatoms. The molecule has 1 aliphatic carbocycles. The van der Waals surface area contributed by atoms with Gasteiger partial charge < -0.3 is 15.2 Å². The molecule has 1 aromatic carbocycles. The lowest BCUT2D eigenvalue weighted by Crippen LogP contribution is -2.39. The summed E-state index contributed by atoms with van der Waals surface area (Å²) >= 11 is 0. The third-order valence-corrected chi connectivity index (χ3v) is 5.02. The molecule has 5 atom stereocenters. The fourth-order valence-electron chi connectivity index (χ4n) is 4.04. The minimum atomic E-state index is -1.64. The molecule has 1 spiro atoms. The number of hydrogen-bond donors (Lipinski definition) is 1. The van der Waals surface area contributed by atoms with Gasteiger partial charge >= 0.3 is 0 Å². The van der Waals surface area contributed by atoms with Crippen molar-refractivity contribution in [3.63, 3.8) is 0 Å². The Balaban J connectivity index is 1.95. The van der Waals surface area contributed by atoms with Crippen LogP contribution in [0, 0.1) is 39.3 Å². The lowest BCUT2D eigenvalue weighted by Gasteiger charge is -2.26. The van der Waals surface area contributed by atoms with Crippen LogP contribution in [-0.4, -0.2) is 24.5 Å². The molecule has 0 amide bonds. The third-order valence-electron chi connectivity index (χ3n) is 5.02. The first kappa shape index (κ1) is 14.1. The van der Waals surface area contributed by atoms with Gasteiger partial charge in [-0.2, -0.15) is 10.5 Å². The van der Waals surface area contributed by atoms with Gasteiger partial charge in [-0.05, 0) is 18.6 Å². The maximum absolute atomic E-state index is 14.3. The zero-order chi connectivity index (χ0) is 16.5. The summed E-state index contributed by atoms with van der Waals surface area (Å²) in [5, 5.41) is 19.7. The Hall–Kier alpha value is -2.48. The van der Waals surface area contributed by atoms with Gasteiger partial charge in [-0.25, -0.2) is 9.38 Å². The number of nitriles is 2. The molecule has 0 aromatic heterocycles.